The van der Waals surface area contributed by atoms with Crippen molar-refractivity contribution in [2.75, 3.05) is 0 Å². The molecule has 0 amide bonds. The molecule has 0 aliphatic heterocycles. The Balaban J connectivity index is 0.000000212. The molecule has 4 rings (SSSR count). The van der Waals surface area contributed by atoms with Gasteiger partial charge in [-0.05, 0) is 82.6 Å². The molecule has 0 unspecified atom stereocenters. The number of hydrogen-bond acceptors (Lipinski definition) is 0. The van der Waals surface area contributed by atoms with E-state index in [2.05, 4.69) is 84.0 Å². The van der Waals surface area contributed by atoms with Gasteiger partial charge in [0.2, 0.25) is 0 Å². The average Bonchev–Trinajstić information content (AvgIpc) is 2.85. The average molecular weight is 478 g/mol. The van der Waals surface area contributed by atoms with Crippen LogP contribution in [0.3, 0.4) is 0 Å². The summed E-state index contributed by atoms with van der Waals surface area (Å²) in [5.41, 5.74) is 9.41. The van der Waals surface area contributed by atoms with Gasteiger partial charge in [-0.3, -0.25) is 0 Å². The number of benzene rings is 2. The molecule has 2 aromatic carbocycles. The molecule has 2 saturated carbocycles. The molecule has 1 radical (unpaired) electrons. The van der Waals surface area contributed by atoms with Crippen LogP contribution in [-0.2, 0) is 0 Å². The van der Waals surface area contributed by atoms with Gasteiger partial charge in [0, 0.05) is 0 Å². The lowest BCUT2D eigenvalue weighted by Gasteiger charge is -2.28. The van der Waals surface area contributed by atoms with Crippen molar-refractivity contribution in [3.05, 3.63) is 59.2 Å². The SMILES string of the molecule is C1CCC([P]C2CCCCC2)CC1.CC(C)c1cc(C(C)C)c(-c2ccccc2)c(C(C)C)c1. The Morgan fingerprint density at radius 1 is 0.588 bits per heavy atom. The molecule has 34 heavy (non-hydrogen) atoms. The van der Waals surface area contributed by atoms with Gasteiger partial charge in [-0.2, -0.15) is 0 Å². The van der Waals surface area contributed by atoms with Gasteiger partial charge in [-0.25, -0.2) is 0 Å². The summed E-state index contributed by atoms with van der Waals surface area (Å²) in [6, 6.07) is 15.7. The molecule has 0 heterocycles. The van der Waals surface area contributed by atoms with Crippen LogP contribution in [0.25, 0.3) is 11.1 Å². The molecular formula is C33H50P. The molecule has 187 valence electrons. The van der Waals surface area contributed by atoms with Crippen molar-refractivity contribution in [3.8, 4) is 11.1 Å². The summed E-state index contributed by atoms with van der Waals surface area (Å²) in [6.07, 6.45) is 15.3. The third kappa shape index (κ3) is 7.95. The highest BCUT2D eigenvalue weighted by atomic mass is 31.1. The fourth-order valence-corrected chi connectivity index (χ4v) is 7.58. The van der Waals surface area contributed by atoms with E-state index >= 15 is 0 Å². The first-order valence-corrected chi connectivity index (χ1v) is 15.3. The van der Waals surface area contributed by atoms with Gasteiger partial charge in [0.05, 0.1) is 0 Å². The van der Waals surface area contributed by atoms with Crippen LogP contribution in [0.1, 0.15) is 140 Å². The predicted molar refractivity (Wildman–Crippen MR) is 155 cm³/mol. The maximum absolute atomic E-state index is 2.42. The Hall–Kier alpha value is -1.13. The molecule has 2 aromatic rings. The van der Waals surface area contributed by atoms with Gasteiger partial charge in [0.1, 0.15) is 0 Å². The Bertz CT molecular complexity index is 791. The minimum atomic E-state index is 0.538. The topological polar surface area (TPSA) is 0 Å². The third-order valence-corrected chi connectivity index (χ3v) is 9.64. The van der Waals surface area contributed by atoms with Crippen LogP contribution in [0.5, 0.6) is 0 Å². The Morgan fingerprint density at radius 3 is 1.41 bits per heavy atom. The van der Waals surface area contributed by atoms with E-state index in [1.54, 1.807) is 0 Å². The first-order chi connectivity index (χ1) is 16.4. The van der Waals surface area contributed by atoms with E-state index in [1.165, 1.54) is 92.0 Å². The van der Waals surface area contributed by atoms with E-state index < -0.39 is 0 Å². The molecular weight excluding hydrogens is 427 g/mol. The monoisotopic (exact) mass is 477 g/mol. The van der Waals surface area contributed by atoms with Crippen molar-refractivity contribution in [3.63, 3.8) is 0 Å². The number of rotatable bonds is 6. The first kappa shape index (κ1) is 27.5. The second-order valence-electron chi connectivity index (χ2n) is 11.6. The van der Waals surface area contributed by atoms with Crippen molar-refractivity contribution in [2.45, 2.75) is 135 Å². The van der Waals surface area contributed by atoms with Gasteiger partial charge in [0.15, 0.2) is 0 Å². The summed E-state index contributed by atoms with van der Waals surface area (Å²) in [5, 5.41) is 0. The molecule has 0 spiro atoms. The number of hydrogen-bond donors (Lipinski definition) is 0. The zero-order valence-corrected chi connectivity index (χ0v) is 23.8. The van der Waals surface area contributed by atoms with Crippen LogP contribution in [-0.4, -0.2) is 11.3 Å². The lowest BCUT2D eigenvalue weighted by molar-refractivity contribution is 0.490. The van der Waals surface area contributed by atoms with Crippen molar-refractivity contribution in [1.29, 1.82) is 0 Å². The quantitative estimate of drug-likeness (QED) is 0.363. The normalized spacial score (nSPS) is 17.8. The van der Waals surface area contributed by atoms with Gasteiger partial charge >= 0.3 is 0 Å². The molecule has 0 saturated heterocycles. The van der Waals surface area contributed by atoms with Crippen LogP contribution in [0.15, 0.2) is 42.5 Å². The summed E-state index contributed by atoms with van der Waals surface area (Å²) in [4.78, 5) is 0. The fourth-order valence-electron chi connectivity index (χ4n) is 5.65. The van der Waals surface area contributed by atoms with E-state index in [-0.39, 0.29) is 0 Å². The minimum Gasteiger partial charge on any atom is -0.0741 e. The van der Waals surface area contributed by atoms with Gasteiger partial charge in [0.25, 0.3) is 0 Å². The largest absolute Gasteiger partial charge is 0.0741 e. The first-order valence-electron chi connectivity index (χ1n) is 14.3. The smallest absolute Gasteiger partial charge is 0.0114 e. The minimum absolute atomic E-state index is 0.538. The second kappa shape index (κ2) is 13.8. The van der Waals surface area contributed by atoms with Crippen molar-refractivity contribution in [1.82, 2.24) is 0 Å². The standard InChI is InChI=1S/C21H28.C12H22P/c1-14(2)18-12-19(15(3)4)21(20(13-18)16(5)6)17-10-8-7-9-11-17;1-3-7-11(8-4-1)13-12-9-5-2-6-10-12/h7-16H,1-6H3;11-12H,1-10H2. The Kier molecular flexibility index (Phi) is 11.2. The summed E-state index contributed by atoms with van der Waals surface area (Å²) in [6.45, 7) is 13.8. The Morgan fingerprint density at radius 2 is 1.03 bits per heavy atom. The van der Waals surface area contributed by atoms with Crippen LogP contribution in [0.4, 0.5) is 0 Å². The van der Waals surface area contributed by atoms with Crippen LogP contribution in [0, 0.1) is 0 Å². The van der Waals surface area contributed by atoms with Crippen LogP contribution >= 0.6 is 8.58 Å². The molecule has 1 heteroatoms. The van der Waals surface area contributed by atoms with Crippen LogP contribution in [0.2, 0.25) is 0 Å². The van der Waals surface area contributed by atoms with Crippen molar-refractivity contribution < 1.29 is 0 Å². The lowest BCUT2D eigenvalue weighted by Crippen LogP contribution is -2.14. The lowest BCUT2D eigenvalue weighted by atomic mass is 9.82. The molecule has 2 fully saturated rings. The van der Waals surface area contributed by atoms with Crippen LogP contribution < -0.4 is 0 Å². The van der Waals surface area contributed by atoms with E-state index in [4.69, 9.17) is 0 Å². The van der Waals surface area contributed by atoms with E-state index in [9.17, 15) is 0 Å². The molecule has 2 aliphatic carbocycles. The molecule has 0 N–H and O–H groups in total. The van der Waals surface area contributed by atoms with Gasteiger partial charge in [-0.1, -0.05) is 131 Å². The zero-order valence-electron chi connectivity index (χ0n) is 22.9. The predicted octanol–water partition coefficient (Wildman–Crippen LogP) is 11.3. The maximum atomic E-state index is 2.42. The molecule has 0 nitrogen and oxygen atoms in total. The molecule has 0 bridgehead atoms. The summed E-state index contributed by atoms with van der Waals surface area (Å²) < 4.78 is 0. The van der Waals surface area contributed by atoms with Crippen molar-refractivity contribution in [2.24, 2.45) is 0 Å². The Labute approximate surface area is 213 Å². The van der Waals surface area contributed by atoms with E-state index in [1.807, 2.05) is 8.58 Å². The summed E-state index contributed by atoms with van der Waals surface area (Å²) >= 11 is 0. The van der Waals surface area contributed by atoms with E-state index in [0.29, 0.717) is 17.8 Å². The van der Waals surface area contributed by atoms with Gasteiger partial charge < -0.3 is 0 Å². The third-order valence-electron chi connectivity index (χ3n) is 7.77. The molecule has 0 aromatic heterocycles. The highest BCUT2D eigenvalue weighted by Crippen LogP contribution is 2.42. The second-order valence-corrected chi connectivity index (χ2v) is 13.4. The molecule has 2 aliphatic rings. The summed E-state index contributed by atoms with van der Waals surface area (Å²) in [5.74, 6) is 1.65. The van der Waals surface area contributed by atoms with E-state index in [0.717, 1.165) is 11.3 Å². The maximum Gasteiger partial charge on any atom is -0.0114 e. The zero-order chi connectivity index (χ0) is 24.5. The highest BCUT2D eigenvalue weighted by Gasteiger charge is 2.21. The molecule has 0 atom stereocenters. The highest BCUT2D eigenvalue weighted by molar-refractivity contribution is 7.39. The fraction of sp³-hybridized carbons (Fsp3) is 0.636. The van der Waals surface area contributed by atoms with Crippen molar-refractivity contribution >= 4 is 8.58 Å². The summed E-state index contributed by atoms with van der Waals surface area (Å²) in [7, 11) is 1.84. The van der Waals surface area contributed by atoms with Gasteiger partial charge in [-0.15, -0.1) is 0 Å².